The van der Waals surface area contributed by atoms with E-state index in [1.807, 2.05) is 12.1 Å². The minimum Gasteiger partial charge on any atom is -0.355 e. The molecule has 2 aromatic rings. The van der Waals surface area contributed by atoms with Crippen molar-refractivity contribution in [2.24, 2.45) is 0 Å². The normalized spacial score (nSPS) is 16.2. The molecule has 3 rings (SSSR count). The second-order valence-electron chi connectivity index (χ2n) is 6.42. The monoisotopic (exact) mass is 378 g/mol. The summed E-state index contributed by atoms with van der Waals surface area (Å²) in [4.78, 5) is 2.12. The van der Waals surface area contributed by atoms with Crippen LogP contribution in [0, 0.1) is 5.82 Å². The van der Waals surface area contributed by atoms with Gasteiger partial charge >= 0.3 is 0 Å². The van der Waals surface area contributed by atoms with Crippen molar-refractivity contribution in [3.8, 4) is 11.3 Å². The van der Waals surface area contributed by atoms with Crippen molar-refractivity contribution in [2.45, 2.75) is 25.8 Å². The lowest BCUT2D eigenvalue weighted by molar-refractivity contribution is 0.312. The quantitative estimate of drug-likeness (QED) is 0.800. The number of anilines is 1. The smallest absolute Gasteiger partial charge is 0.213 e. The SMILES string of the molecule is CCS(=O)(=O)N(C)C1CCN(c2ccc(-c3ccc(F)cc3)nn2)CC1. The Labute approximate surface area is 153 Å². The Morgan fingerprint density at radius 2 is 1.77 bits per heavy atom. The van der Waals surface area contributed by atoms with Crippen molar-refractivity contribution in [3.63, 3.8) is 0 Å². The highest BCUT2D eigenvalue weighted by Gasteiger charge is 2.29. The highest BCUT2D eigenvalue weighted by molar-refractivity contribution is 7.89. The van der Waals surface area contributed by atoms with E-state index in [0.29, 0.717) is 5.69 Å². The highest BCUT2D eigenvalue weighted by Crippen LogP contribution is 2.23. The van der Waals surface area contributed by atoms with Crippen LogP contribution in [0.5, 0.6) is 0 Å². The predicted octanol–water partition coefficient (Wildman–Crippen LogP) is 2.53. The number of benzene rings is 1. The zero-order valence-corrected chi connectivity index (χ0v) is 15.8. The molecule has 0 N–H and O–H groups in total. The lowest BCUT2D eigenvalue weighted by Crippen LogP contribution is -2.46. The van der Waals surface area contributed by atoms with Gasteiger partial charge in [0.1, 0.15) is 5.82 Å². The second kappa shape index (κ2) is 7.67. The van der Waals surface area contributed by atoms with Crippen molar-refractivity contribution in [3.05, 3.63) is 42.2 Å². The van der Waals surface area contributed by atoms with Crippen LogP contribution in [0.1, 0.15) is 19.8 Å². The Morgan fingerprint density at radius 3 is 2.31 bits per heavy atom. The van der Waals surface area contributed by atoms with Crippen LogP contribution in [0.25, 0.3) is 11.3 Å². The Balaban J connectivity index is 1.64. The molecule has 1 aliphatic heterocycles. The van der Waals surface area contributed by atoms with E-state index in [9.17, 15) is 12.8 Å². The maximum atomic E-state index is 13.0. The van der Waals surface area contributed by atoms with E-state index in [2.05, 4.69) is 15.1 Å². The Bertz CT molecular complexity index is 832. The lowest BCUT2D eigenvalue weighted by Gasteiger charge is -2.36. The van der Waals surface area contributed by atoms with E-state index in [1.54, 1.807) is 26.1 Å². The number of hydrogen-bond acceptors (Lipinski definition) is 5. The first-order valence-electron chi connectivity index (χ1n) is 8.71. The standard InChI is InChI=1S/C18H23FN4O2S/c1-3-26(24,25)22(2)16-10-12-23(13-11-16)18-9-8-17(20-21-18)14-4-6-15(19)7-5-14/h4-9,16H,3,10-13H2,1-2H3. The van der Waals surface area contributed by atoms with Crippen molar-refractivity contribution in [1.29, 1.82) is 0 Å². The summed E-state index contributed by atoms with van der Waals surface area (Å²) < 4.78 is 38.5. The first kappa shape index (κ1) is 18.7. The molecule has 0 radical (unpaired) electrons. The summed E-state index contributed by atoms with van der Waals surface area (Å²) in [6.45, 7) is 3.14. The maximum absolute atomic E-state index is 13.0. The molecule has 26 heavy (non-hydrogen) atoms. The molecule has 0 bridgehead atoms. The minimum absolute atomic E-state index is 0.0302. The topological polar surface area (TPSA) is 66.4 Å². The summed E-state index contributed by atoms with van der Waals surface area (Å²) in [5.41, 5.74) is 1.51. The lowest BCUT2D eigenvalue weighted by atomic mass is 10.1. The van der Waals surface area contributed by atoms with Gasteiger partial charge in [-0.05, 0) is 56.2 Å². The maximum Gasteiger partial charge on any atom is 0.213 e. The Morgan fingerprint density at radius 1 is 1.12 bits per heavy atom. The van der Waals surface area contributed by atoms with Crippen LogP contribution < -0.4 is 4.90 Å². The van der Waals surface area contributed by atoms with Crippen molar-refractivity contribution in [1.82, 2.24) is 14.5 Å². The molecule has 2 heterocycles. The zero-order valence-electron chi connectivity index (χ0n) is 15.0. The van der Waals surface area contributed by atoms with Gasteiger partial charge < -0.3 is 4.90 Å². The molecule has 1 aromatic carbocycles. The molecule has 8 heteroatoms. The molecular formula is C18H23FN4O2S. The van der Waals surface area contributed by atoms with E-state index in [4.69, 9.17) is 0 Å². The highest BCUT2D eigenvalue weighted by atomic mass is 32.2. The fraction of sp³-hybridized carbons (Fsp3) is 0.444. The molecule has 0 atom stereocenters. The third-order valence-corrected chi connectivity index (χ3v) is 6.80. The number of rotatable bonds is 5. The van der Waals surface area contributed by atoms with Crippen LogP contribution in [-0.4, -0.2) is 54.9 Å². The Hall–Kier alpha value is -2.06. The fourth-order valence-corrected chi connectivity index (χ4v) is 4.23. The number of sulfonamides is 1. The van der Waals surface area contributed by atoms with Crippen molar-refractivity contribution < 1.29 is 12.8 Å². The summed E-state index contributed by atoms with van der Waals surface area (Å²) in [6.07, 6.45) is 1.52. The third kappa shape index (κ3) is 4.02. The van der Waals surface area contributed by atoms with E-state index in [1.165, 1.54) is 16.4 Å². The second-order valence-corrected chi connectivity index (χ2v) is 8.74. The summed E-state index contributed by atoms with van der Waals surface area (Å²) in [7, 11) is -1.50. The van der Waals surface area contributed by atoms with Gasteiger partial charge in [0.05, 0.1) is 11.4 Å². The first-order valence-corrected chi connectivity index (χ1v) is 10.3. The summed E-state index contributed by atoms with van der Waals surface area (Å²) in [5, 5.41) is 8.53. The van der Waals surface area contributed by atoms with Gasteiger partial charge in [-0.1, -0.05) is 0 Å². The molecule has 0 unspecified atom stereocenters. The van der Waals surface area contributed by atoms with Crippen molar-refractivity contribution >= 4 is 15.8 Å². The van der Waals surface area contributed by atoms with Crippen LogP contribution in [0.2, 0.25) is 0 Å². The van der Waals surface area contributed by atoms with Crippen LogP contribution in [0.15, 0.2) is 36.4 Å². The number of piperidine rings is 1. The van der Waals surface area contributed by atoms with Crippen LogP contribution in [0.3, 0.4) is 0 Å². The molecule has 0 spiro atoms. The fourth-order valence-electron chi connectivity index (χ4n) is 3.16. The third-order valence-electron chi connectivity index (χ3n) is 4.90. The average Bonchev–Trinajstić information content (AvgIpc) is 2.68. The van der Waals surface area contributed by atoms with E-state index in [-0.39, 0.29) is 17.6 Å². The van der Waals surface area contributed by atoms with Gasteiger partial charge in [0.2, 0.25) is 10.0 Å². The van der Waals surface area contributed by atoms with Gasteiger partial charge in [-0.2, -0.15) is 0 Å². The molecule has 1 fully saturated rings. The number of halogens is 1. The molecule has 1 saturated heterocycles. The number of nitrogens with zero attached hydrogens (tertiary/aromatic N) is 4. The molecule has 0 saturated carbocycles. The van der Waals surface area contributed by atoms with Gasteiger partial charge in [-0.3, -0.25) is 0 Å². The molecule has 140 valence electrons. The van der Waals surface area contributed by atoms with Gasteiger partial charge in [-0.25, -0.2) is 17.1 Å². The van der Waals surface area contributed by atoms with Gasteiger partial charge in [0, 0.05) is 31.7 Å². The van der Waals surface area contributed by atoms with E-state index < -0.39 is 10.0 Å². The van der Waals surface area contributed by atoms with Crippen LogP contribution in [-0.2, 0) is 10.0 Å². The number of aromatic nitrogens is 2. The average molecular weight is 378 g/mol. The molecule has 1 aromatic heterocycles. The Kier molecular flexibility index (Phi) is 5.52. The molecule has 0 amide bonds. The molecular weight excluding hydrogens is 355 g/mol. The molecule has 1 aliphatic rings. The van der Waals surface area contributed by atoms with Gasteiger partial charge in [0.15, 0.2) is 5.82 Å². The molecule has 6 nitrogen and oxygen atoms in total. The summed E-state index contributed by atoms with van der Waals surface area (Å²) in [5.74, 6) is 0.617. The van der Waals surface area contributed by atoms with Crippen LogP contribution >= 0.6 is 0 Å². The van der Waals surface area contributed by atoms with Gasteiger partial charge in [0.25, 0.3) is 0 Å². The first-order chi connectivity index (χ1) is 12.4. The van der Waals surface area contributed by atoms with E-state index in [0.717, 1.165) is 37.3 Å². The summed E-state index contributed by atoms with van der Waals surface area (Å²) >= 11 is 0. The largest absolute Gasteiger partial charge is 0.355 e. The zero-order chi connectivity index (χ0) is 18.7. The predicted molar refractivity (Wildman–Crippen MR) is 99.9 cm³/mol. The van der Waals surface area contributed by atoms with Gasteiger partial charge in [-0.15, -0.1) is 10.2 Å². The van der Waals surface area contributed by atoms with Crippen molar-refractivity contribution in [2.75, 3.05) is 30.8 Å². The summed E-state index contributed by atoms with van der Waals surface area (Å²) in [6, 6.07) is 9.95. The number of hydrogen-bond donors (Lipinski definition) is 0. The van der Waals surface area contributed by atoms with E-state index >= 15 is 0 Å². The van der Waals surface area contributed by atoms with Crippen LogP contribution in [0.4, 0.5) is 10.2 Å². The minimum atomic E-state index is -3.16. The molecule has 0 aliphatic carbocycles.